The number of hydrogen-bond acceptors (Lipinski definition) is 4. The molecule has 1 atom stereocenters. The van der Waals surface area contributed by atoms with E-state index in [-0.39, 0.29) is 43.1 Å². The predicted molar refractivity (Wildman–Crippen MR) is 67.1 cm³/mol. The number of carbonyl (C=O) groups is 3. The molecule has 0 saturated carbocycles. The lowest BCUT2D eigenvalue weighted by Crippen LogP contribution is -2.57. The standard InChI is InChI=1S/C13H18N2O4/c1-3-19-13(18)9(2)7-14-8-11(16)15-6-4-5-10(15)12(14)17/h10H,2-8H2,1H3. The van der Waals surface area contributed by atoms with Crippen LogP contribution in [0.4, 0.5) is 0 Å². The smallest absolute Gasteiger partial charge is 0.335 e. The summed E-state index contributed by atoms with van der Waals surface area (Å²) < 4.78 is 4.82. The average molecular weight is 266 g/mol. The Bertz CT molecular complexity index is 432. The van der Waals surface area contributed by atoms with E-state index in [1.54, 1.807) is 11.8 Å². The van der Waals surface area contributed by atoms with Crippen LogP contribution in [0.1, 0.15) is 19.8 Å². The first-order chi connectivity index (χ1) is 9.04. The summed E-state index contributed by atoms with van der Waals surface area (Å²) in [7, 11) is 0. The zero-order valence-corrected chi connectivity index (χ0v) is 11.1. The normalized spacial score (nSPS) is 22.5. The third-order valence-corrected chi connectivity index (χ3v) is 3.44. The van der Waals surface area contributed by atoms with Gasteiger partial charge in [0.05, 0.1) is 13.2 Å². The van der Waals surface area contributed by atoms with Gasteiger partial charge in [0.25, 0.3) is 0 Å². The molecule has 0 aromatic heterocycles. The van der Waals surface area contributed by atoms with Crippen molar-refractivity contribution in [2.45, 2.75) is 25.8 Å². The van der Waals surface area contributed by atoms with Gasteiger partial charge in [-0.3, -0.25) is 9.59 Å². The molecule has 19 heavy (non-hydrogen) atoms. The van der Waals surface area contributed by atoms with Crippen LogP contribution in [0.2, 0.25) is 0 Å². The van der Waals surface area contributed by atoms with Gasteiger partial charge in [0, 0.05) is 12.1 Å². The molecule has 0 aliphatic carbocycles. The van der Waals surface area contributed by atoms with Gasteiger partial charge in [-0.15, -0.1) is 0 Å². The fourth-order valence-corrected chi connectivity index (χ4v) is 2.53. The van der Waals surface area contributed by atoms with E-state index < -0.39 is 5.97 Å². The minimum absolute atomic E-state index is 0.0216. The Morgan fingerprint density at radius 2 is 2.21 bits per heavy atom. The molecule has 2 heterocycles. The molecule has 6 nitrogen and oxygen atoms in total. The lowest BCUT2D eigenvalue weighted by Gasteiger charge is -2.36. The van der Waals surface area contributed by atoms with Crippen molar-refractivity contribution in [3.63, 3.8) is 0 Å². The van der Waals surface area contributed by atoms with Crippen molar-refractivity contribution < 1.29 is 19.1 Å². The van der Waals surface area contributed by atoms with E-state index in [1.165, 1.54) is 4.90 Å². The second-order valence-corrected chi connectivity index (χ2v) is 4.76. The van der Waals surface area contributed by atoms with Crippen LogP contribution in [-0.4, -0.2) is 59.9 Å². The fourth-order valence-electron chi connectivity index (χ4n) is 2.53. The fraction of sp³-hybridized carbons (Fsp3) is 0.615. The molecule has 6 heteroatoms. The number of esters is 1. The minimum atomic E-state index is -0.517. The number of carbonyl (C=O) groups excluding carboxylic acids is 3. The van der Waals surface area contributed by atoms with Crippen LogP contribution in [0.25, 0.3) is 0 Å². The molecular formula is C13H18N2O4. The first-order valence-electron chi connectivity index (χ1n) is 6.47. The molecule has 2 fully saturated rings. The molecule has 0 N–H and O–H groups in total. The number of rotatable bonds is 4. The summed E-state index contributed by atoms with van der Waals surface area (Å²) in [5.41, 5.74) is 0.203. The van der Waals surface area contributed by atoms with E-state index in [1.807, 2.05) is 0 Å². The Kier molecular flexibility index (Phi) is 3.87. The predicted octanol–water partition coefficient (Wildman–Crippen LogP) is -0.0611. The molecule has 0 radical (unpaired) electrons. The molecule has 104 valence electrons. The summed E-state index contributed by atoms with van der Waals surface area (Å²) in [6.07, 6.45) is 1.56. The van der Waals surface area contributed by atoms with Gasteiger partial charge in [-0.2, -0.15) is 0 Å². The second kappa shape index (κ2) is 5.42. The Morgan fingerprint density at radius 3 is 2.89 bits per heavy atom. The van der Waals surface area contributed by atoms with Crippen molar-refractivity contribution in [3.8, 4) is 0 Å². The van der Waals surface area contributed by atoms with E-state index in [0.29, 0.717) is 13.0 Å². The van der Waals surface area contributed by atoms with Crippen LogP contribution < -0.4 is 0 Å². The summed E-state index contributed by atoms with van der Waals surface area (Å²) >= 11 is 0. The van der Waals surface area contributed by atoms with Crippen molar-refractivity contribution in [1.82, 2.24) is 9.80 Å². The summed E-state index contributed by atoms with van der Waals surface area (Å²) in [5.74, 6) is -0.669. The lowest BCUT2D eigenvalue weighted by atomic mass is 10.1. The van der Waals surface area contributed by atoms with Gasteiger partial charge in [0.1, 0.15) is 12.6 Å². The van der Waals surface area contributed by atoms with Gasteiger partial charge in [-0.05, 0) is 19.8 Å². The van der Waals surface area contributed by atoms with E-state index in [9.17, 15) is 14.4 Å². The molecule has 1 unspecified atom stereocenters. The maximum absolute atomic E-state index is 12.2. The number of nitrogens with zero attached hydrogens (tertiary/aromatic N) is 2. The van der Waals surface area contributed by atoms with Crippen molar-refractivity contribution in [3.05, 3.63) is 12.2 Å². The number of ether oxygens (including phenoxy) is 1. The van der Waals surface area contributed by atoms with Gasteiger partial charge in [0.15, 0.2) is 0 Å². The molecule has 0 aromatic carbocycles. The van der Waals surface area contributed by atoms with Crippen molar-refractivity contribution in [2.24, 2.45) is 0 Å². The highest BCUT2D eigenvalue weighted by atomic mass is 16.5. The van der Waals surface area contributed by atoms with E-state index in [4.69, 9.17) is 4.74 Å². The van der Waals surface area contributed by atoms with Gasteiger partial charge >= 0.3 is 5.97 Å². The van der Waals surface area contributed by atoms with E-state index in [2.05, 4.69) is 6.58 Å². The zero-order valence-electron chi connectivity index (χ0n) is 11.1. The molecule has 2 saturated heterocycles. The molecular weight excluding hydrogens is 248 g/mol. The number of piperazine rings is 1. The maximum Gasteiger partial charge on any atom is 0.335 e. The van der Waals surface area contributed by atoms with Crippen LogP contribution in [-0.2, 0) is 19.1 Å². The third kappa shape index (κ3) is 2.62. The number of hydrogen-bond donors (Lipinski definition) is 0. The first-order valence-corrected chi connectivity index (χ1v) is 6.47. The molecule has 0 bridgehead atoms. The van der Waals surface area contributed by atoms with Gasteiger partial charge in [0.2, 0.25) is 11.8 Å². The summed E-state index contributed by atoms with van der Waals surface area (Å²) in [4.78, 5) is 38.6. The Labute approximate surface area is 112 Å². The topological polar surface area (TPSA) is 66.9 Å². The van der Waals surface area contributed by atoms with Gasteiger partial charge in [-0.1, -0.05) is 6.58 Å². The molecule has 2 amide bonds. The van der Waals surface area contributed by atoms with Gasteiger partial charge in [-0.25, -0.2) is 4.79 Å². The summed E-state index contributed by atoms with van der Waals surface area (Å²) in [5, 5.41) is 0. The minimum Gasteiger partial charge on any atom is -0.463 e. The van der Waals surface area contributed by atoms with Gasteiger partial charge < -0.3 is 14.5 Å². The molecule has 0 spiro atoms. The maximum atomic E-state index is 12.2. The molecule has 0 aromatic rings. The van der Waals surface area contributed by atoms with E-state index in [0.717, 1.165) is 6.42 Å². The molecule has 2 aliphatic heterocycles. The number of fused-ring (bicyclic) bond motifs is 1. The highest BCUT2D eigenvalue weighted by Crippen LogP contribution is 2.23. The molecule has 2 aliphatic rings. The Hall–Kier alpha value is -1.85. The van der Waals surface area contributed by atoms with Crippen molar-refractivity contribution >= 4 is 17.8 Å². The quantitative estimate of drug-likeness (QED) is 0.528. The number of amides is 2. The SMILES string of the molecule is C=C(CN1CC(=O)N2CCCC2C1=O)C(=O)OCC. The third-order valence-electron chi connectivity index (χ3n) is 3.44. The van der Waals surface area contributed by atoms with Crippen LogP contribution in [0.5, 0.6) is 0 Å². The van der Waals surface area contributed by atoms with Crippen molar-refractivity contribution in [1.29, 1.82) is 0 Å². The highest BCUT2D eigenvalue weighted by molar-refractivity contribution is 5.96. The van der Waals surface area contributed by atoms with Crippen LogP contribution in [0, 0.1) is 0 Å². The Morgan fingerprint density at radius 1 is 1.47 bits per heavy atom. The highest BCUT2D eigenvalue weighted by Gasteiger charge is 2.42. The van der Waals surface area contributed by atoms with Crippen LogP contribution >= 0.6 is 0 Å². The van der Waals surface area contributed by atoms with Crippen LogP contribution in [0.3, 0.4) is 0 Å². The molecule has 2 rings (SSSR count). The van der Waals surface area contributed by atoms with Crippen molar-refractivity contribution in [2.75, 3.05) is 26.2 Å². The lowest BCUT2D eigenvalue weighted by molar-refractivity contribution is -0.153. The average Bonchev–Trinajstić information content (AvgIpc) is 2.85. The van der Waals surface area contributed by atoms with E-state index >= 15 is 0 Å². The zero-order chi connectivity index (χ0) is 14.0. The summed E-state index contributed by atoms with van der Waals surface area (Å²) in [6.45, 7) is 6.33. The Balaban J connectivity index is 2.01. The second-order valence-electron chi connectivity index (χ2n) is 4.76. The summed E-state index contributed by atoms with van der Waals surface area (Å²) in [6, 6.07) is -0.351. The largest absolute Gasteiger partial charge is 0.463 e. The van der Waals surface area contributed by atoms with Crippen LogP contribution in [0.15, 0.2) is 12.2 Å². The monoisotopic (exact) mass is 266 g/mol. The first kappa shape index (κ1) is 13.6.